The summed E-state index contributed by atoms with van der Waals surface area (Å²) < 4.78 is 7.09. The Bertz CT molecular complexity index is 955. The molecule has 7 heteroatoms. The van der Waals surface area contributed by atoms with Gasteiger partial charge in [-0.15, -0.1) is 10.2 Å². The van der Waals surface area contributed by atoms with Crippen LogP contribution in [0.4, 0.5) is 5.69 Å². The highest BCUT2D eigenvalue weighted by Gasteiger charge is 2.19. The number of hydrogen-bond acceptors (Lipinski definition) is 5. The fourth-order valence-electron chi connectivity index (χ4n) is 2.61. The normalized spacial score (nSPS) is 11.9. The van der Waals surface area contributed by atoms with Gasteiger partial charge in [-0.1, -0.05) is 41.6 Å². The quantitative estimate of drug-likeness (QED) is 0.655. The van der Waals surface area contributed by atoms with Gasteiger partial charge in [0, 0.05) is 24.4 Å². The lowest BCUT2D eigenvalue weighted by molar-refractivity contribution is -0.115. The molecule has 1 heterocycles. The van der Waals surface area contributed by atoms with E-state index in [1.165, 1.54) is 11.8 Å². The Labute approximate surface area is 163 Å². The zero-order valence-electron chi connectivity index (χ0n) is 15.8. The minimum Gasteiger partial charge on any atom is -0.497 e. The number of thioether (sulfide) groups is 1. The van der Waals surface area contributed by atoms with Crippen LogP contribution < -0.4 is 10.1 Å². The molecule has 3 rings (SSSR count). The van der Waals surface area contributed by atoms with E-state index in [1.54, 1.807) is 13.2 Å². The van der Waals surface area contributed by atoms with Crippen molar-refractivity contribution in [2.24, 2.45) is 7.05 Å². The molecule has 0 bridgehead atoms. The molecule has 140 valence electrons. The van der Waals surface area contributed by atoms with E-state index in [0.717, 1.165) is 17.0 Å². The molecule has 0 fully saturated rings. The molecule has 0 aliphatic rings. The zero-order valence-corrected chi connectivity index (χ0v) is 16.6. The van der Waals surface area contributed by atoms with Crippen molar-refractivity contribution in [1.29, 1.82) is 0 Å². The molecule has 0 aliphatic carbocycles. The number of rotatable bonds is 6. The number of benzene rings is 2. The first-order valence-corrected chi connectivity index (χ1v) is 9.44. The number of methoxy groups -OCH3 is 1. The molecule has 27 heavy (non-hydrogen) atoms. The molecular formula is C20H22N4O2S. The third kappa shape index (κ3) is 4.49. The van der Waals surface area contributed by atoms with Gasteiger partial charge in [0.05, 0.1) is 12.4 Å². The van der Waals surface area contributed by atoms with Crippen LogP contribution in [0.5, 0.6) is 5.75 Å². The Morgan fingerprint density at radius 2 is 1.96 bits per heavy atom. The lowest BCUT2D eigenvalue weighted by atomic mass is 10.1. The molecule has 1 unspecified atom stereocenters. The Morgan fingerprint density at radius 1 is 1.19 bits per heavy atom. The minimum atomic E-state index is -0.329. The van der Waals surface area contributed by atoms with Gasteiger partial charge in [0.25, 0.3) is 0 Å². The van der Waals surface area contributed by atoms with Gasteiger partial charge in [0.2, 0.25) is 5.91 Å². The van der Waals surface area contributed by atoms with Crippen LogP contribution in [0.25, 0.3) is 11.4 Å². The molecule has 1 aromatic heterocycles. The number of ether oxygens (including phenoxy) is 1. The molecule has 0 spiro atoms. The van der Waals surface area contributed by atoms with Crippen molar-refractivity contribution in [3.8, 4) is 17.1 Å². The van der Waals surface area contributed by atoms with Crippen LogP contribution in [0.3, 0.4) is 0 Å². The summed E-state index contributed by atoms with van der Waals surface area (Å²) in [7, 11) is 3.51. The number of nitrogens with one attached hydrogen (secondary N) is 1. The lowest BCUT2D eigenvalue weighted by Gasteiger charge is -2.12. The van der Waals surface area contributed by atoms with Gasteiger partial charge in [-0.25, -0.2) is 0 Å². The standard InChI is InChI=1S/C20H22N4O2S/c1-13-7-5-8-15(11-13)18-22-23-20(24(18)3)27-14(2)19(25)21-16-9-6-10-17(12-16)26-4/h5-12,14H,1-4H3,(H,21,25). The number of aryl methyl sites for hydroxylation is 1. The van der Waals surface area contributed by atoms with E-state index < -0.39 is 0 Å². The first kappa shape index (κ1) is 19.0. The second-order valence-corrected chi connectivity index (χ2v) is 7.52. The summed E-state index contributed by atoms with van der Waals surface area (Å²) in [6.07, 6.45) is 0. The van der Waals surface area contributed by atoms with E-state index in [0.29, 0.717) is 16.6 Å². The van der Waals surface area contributed by atoms with Crippen molar-refractivity contribution >= 4 is 23.4 Å². The third-order valence-electron chi connectivity index (χ3n) is 4.10. The van der Waals surface area contributed by atoms with Gasteiger partial charge in [-0.3, -0.25) is 4.79 Å². The Kier molecular flexibility index (Phi) is 5.81. The lowest BCUT2D eigenvalue weighted by Crippen LogP contribution is -2.22. The van der Waals surface area contributed by atoms with Gasteiger partial charge in [0.15, 0.2) is 11.0 Å². The van der Waals surface area contributed by atoms with Gasteiger partial charge in [-0.2, -0.15) is 0 Å². The van der Waals surface area contributed by atoms with Crippen molar-refractivity contribution in [2.45, 2.75) is 24.3 Å². The van der Waals surface area contributed by atoms with Gasteiger partial charge in [0.1, 0.15) is 5.75 Å². The summed E-state index contributed by atoms with van der Waals surface area (Å²) in [6, 6.07) is 15.4. The minimum absolute atomic E-state index is 0.103. The third-order valence-corrected chi connectivity index (χ3v) is 5.23. The molecule has 0 saturated heterocycles. The fraction of sp³-hybridized carbons (Fsp3) is 0.250. The Hall–Kier alpha value is -2.80. The van der Waals surface area contributed by atoms with Crippen LogP contribution in [-0.4, -0.2) is 33.0 Å². The largest absolute Gasteiger partial charge is 0.497 e. The number of nitrogens with zero attached hydrogens (tertiary/aromatic N) is 3. The number of hydrogen-bond donors (Lipinski definition) is 1. The molecule has 0 saturated carbocycles. The number of anilines is 1. The topological polar surface area (TPSA) is 69.0 Å². The van der Waals surface area contributed by atoms with Crippen LogP contribution in [0, 0.1) is 6.92 Å². The predicted octanol–water partition coefficient (Wildman–Crippen LogP) is 3.92. The van der Waals surface area contributed by atoms with Crippen molar-refractivity contribution in [2.75, 3.05) is 12.4 Å². The van der Waals surface area contributed by atoms with Crippen LogP contribution in [-0.2, 0) is 11.8 Å². The second-order valence-electron chi connectivity index (χ2n) is 6.22. The molecule has 1 N–H and O–H groups in total. The molecule has 2 aromatic carbocycles. The van der Waals surface area contributed by atoms with Crippen molar-refractivity contribution in [3.05, 3.63) is 54.1 Å². The van der Waals surface area contributed by atoms with Gasteiger partial charge in [-0.05, 0) is 32.0 Å². The van der Waals surface area contributed by atoms with E-state index in [9.17, 15) is 4.79 Å². The number of carbonyl (C=O) groups excluding carboxylic acids is 1. The zero-order chi connectivity index (χ0) is 19.4. The predicted molar refractivity (Wildman–Crippen MR) is 108 cm³/mol. The molecule has 1 atom stereocenters. The highest BCUT2D eigenvalue weighted by molar-refractivity contribution is 8.00. The van der Waals surface area contributed by atoms with E-state index >= 15 is 0 Å². The maximum absolute atomic E-state index is 12.5. The van der Waals surface area contributed by atoms with Crippen LogP contribution in [0.15, 0.2) is 53.7 Å². The maximum atomic E-state index is 12.5. The highest BCUT2D eigenvalue weighted by atomic mass is 32.2. The maximum Gasteiger partial charge on any atom is 0.237 e. The monoisotopic (exact) mass is 382 g/mol. The Balaban J connectivity index is 1.70. The van der Waals surface area contributed by atoms with Crippen LogP contribution >= 0.6 is 11.8 Å². The SMILES string of the molecule is COc1cccc(NC(=O)C(C)Sc2nnc(-c3cccc(C)c3)n2C)c1. The van der Waals surface area contributed by atoms with Crippen LogP contribution in [0.1, 0.15) is 12.5 Å². The molecule has 3 aromatic rings. The average Bonchev–Trinajstić information content (AvgIpc) is 3.02. The number of amides is 1. The summed E-state index contributed by atoms with van der Waals surface area (Å²) in [6.45, 7) is 3.89. The van der Waals surface area contributed by atoms with E-state index in [1.807, 2.05) is 61.9 Å². The summed E-state index contributed by atoms with van der Waals surface area (Å²) in [5.74, 6) is 1.37. The van der Waals surface area contributed by atoms with Crippen molar-refractivity contribution < 1.29 is 9.53 Å². The van der Waals surface area contributed by atoms with Crippen molar-refractivity contribution in [3.63, 3.8) is 0 Å². The van der Waals surface area contributed by atoms with Gasteiger partial charge < -0.3 is 14.6 Å². The van der Waals surface area contributed by atoms with Crippen LogP contribution in [0.2, 0.25) is 0 Å². The second kappa shape index (κ2) is 8.26. The smallest absolute Gasteiger partial charge is 0.237 e. The summed E-state index contributed by atoms with van der Waals surface area (Å²) in [5.41, 5.74) is 2.87. The first-order chi connectivity index (χ1) is 13.0. The van der Waals surface area contributed by atoms with E-state index in [2.05, 4.69) is 21.6 Å². The summed E-state index contributed by atoms with van der Waals surface area (Å²) in [4.78, 5) is 12.5. The summed E-state index contributed by atoms with van der Waals surface area (Å²) in [5, 5.41) is 11.8. The molecular weight excluding hydrogens is 360 g/mol. The first-order valence-electron chi connectivity index (χ1n) is 8.56. The number of aromatic nitrogens is 3. The Morgan fingerprint density at radius 3 is 2.70 bits per heavy atom. The number of carbonyl (C=O) groups is 1. The fourth-order valence-corrected chi connectivity index (χ4v) is 3.42. The van der Waals surface area contributed by atoms with E-state index in [4.69, 9.17) is 4.74 Å². The highest BCUT2D eigenvalue weighted by Crippen LogP contribution is 2.27. The van der Waals surface area contributed by atoms with Gasteiger partial charge >= 0.3 is 0 Å². The van der Waals surface area contributed by atoms with E-state index in [-0.39, 0.29) is 11.2 Å². The molecule has 0 aliphatic heterocycles. The molecule has 0 radical (unpaired) electrons. The van der Waals surface area contributed by atoms with Crippen molar-refractivity contribution in [1.82, 2.24) is 14.8 Å². The molecule has 6 nitrogen and oxygen atoms in total. The molecule has 1 amide bonds. The summed E-state index contributed by atoms with van der Waals surface area (Å²) >= 11 is 1.37. The average molecular weight is 382 g/mol.